The summed E-state index contributed by atoms with van der Waals surface area (Å²) in [7, 11) is -3.81. The second-order valence-electron chi connectivity index (χ2n) is 5.92. The summed E-state index contributed by atoms with van der Waals surface area (Å²) >= 11 is 0. The zero-order valence-electron chi connectivity index (χ0n) is 13.8. The van der Waals surface area contributed by atoms with Gasteiger partial charge in [-0.25, -0.2) is 8.42 Å². The van der Waals surface area contributed by atoms with Crippen LogP contribution in [0.1, 0.15) is 31.7 Å². The third-order valence-electron chi connectivity index (χ3n) is 4.05. The molecule has 0 aliphatic carbocycles. The summed E-state index contributed by atoms with van der Waals surface area (Å²) in [5.74, 6) is -1.51. The van der Waals surface area contributed by atoms with Crippen LogP contribution in [0.3, 0.4) is 0 Å². The highest BCUT2D eigenvalue weighted by atomic mass is 32.2. The minimum Gasteiger partial charge on any atom is -0.451 e. The number of aryl methyl sites for hydroxylation is 1. The minimum atomic E-state index is -3.81. The predicted octanol–water partition coefficient (Wildman–Crippen LogP) is 0.955. The van der Waals surface area contributed by atoms with E-state index in [1.807, 2.05) is 6.92 Å². The van der Waals surface area contributed by atoms with Gasteiger partial charge in [-0.3, -0.25) is 9.59 Å². The fourth-order valence-electron chi connectivity index (χ4n) is 2.58. The summed E-state index contributed by atoms with van der Waals surface area (Å²) in [6, 6.07) is 5.52. The van der Waals surface area contributed by atoms with Crippen molar-refractivity contribution < 1.29 is 22.7 Å². The lowest BCUT2D eigenvalue weighted by molar-refractivity contribution is -0.158. The van der Waals surface area contributed by atoms with Gasteiger partial charge in [0.15, 0.2) is 6.10 Å². The monoisotopic (exact) mass is 354 g/mol. The van der Waals surface area contributed by atoms with E-state index in [0.29, 0.717) is 19.3 Å². The molecule has 0 aromatic heterocycles. The molecular weight excluding hydrogens is 332 g/mol. The molecule has 0 bridgehead atoms. The molecule has 0 spiro atoms. The Hall–Kier alpha value is -1.93. The summed E-state index contributed by atoms with van der Waals surface area (Å²) in [5.41, 5.74) is 6.03. The summed E-state index contributed by atoms with van der Waals surface area (Å²) < 4.78 is 31.9. The number of benzene rings is 1. The molecule has 1 fully saturated rings. The lowest BCUT2D eigenvalue weighted by Crippen LogP contribution is -2.49. The fraction of sp³-hybridized carbons (Fsp3) is 0.500. The van der Waals surface area contributed by atoms with Crippen LogP contribution < -0.4 is 5.73 Å². The van der Waals surface area contributed by atoms with Crippen molar-refractivity contribution in [3.8, 4) is 0 Å². The van der Waals surface area contributed by atoms with Crippen LogP contribution in [-0.2, 0) is 24.3 Å². The molecule has 8 heteroatoms. The Kier molecular flexibility index (Phi) is 5.61. The second-order valence-corrected chi connectivity index (χ2v) is 7.81. The summed E-state index contributed by atoms with van der Waals surface area (Å²) in [6.45, 7) is 3.46. The molecular formula is C16H22N2O5S. The van der Waals surface area contributed by atoms with Crippen LogP contribution in [-0.4, -0.2) is 43.3 Å². The highest BCUT2D eigenvalue weighted by Gasteiger charge is 2.39. The van der Waals surface area contributed by atoms with Crippen molar-refractivity contribution in [2.75, 3.05) is 6.54 Å². The maximum absolute atomic E-state index is 12.9. The van der Waals surface area contributed by atoms with Crippen LogP contribution in [0.15, 0.2) is 29.2 Å². The molecule has 1 aromatic carbocycles. The summed E-state index contributed by atoms with van der Waals surface area (Å²) in [5, 5.41) is 0. The number of hydrogen-bond donors (Lipinski definition) is 1. The first-order valence-corrected chi connectivity index (χ1v) is 9.26. The molecule has 0 radical (unpaired) electrons. The SMILES string of the molecule is Cc1ccc(S(=O)(=O)N2CCCC[C@@H]2C(=O)O[C@@H](C)C(N)=O)cc1. The third-order valence-corrected chi connectivity index (χ3v) is 5.97. The number of sulfonamides is 1. The zero-order valence-corrected chi connectivity index (χ0v) is 14.6. The van der Waals surface area contributed by atoms with Crippen LogP contribution in [0, 0.1) is 6.92 Å². The first-order valence-electron chi connectivity index (χ1n) is 7.82. The highest BCUT2D eigenvalue weighted by Crippen LogP contribution is 2.26. The molecule has 7 nitrogen and oxygen atoms in total. The van der Waals surface area contributed by atoms with Crippen molar-refractivity contribution in [3.05, 3.63) is 29.8 Å². The highest BCUT2D eigenvalue weighted by molar-refractivity contribution is 7.89. The minimum absolute atomic E-state index is 0.135. The molecule has 1 aliphatic heterocycles. The van der Waals surface area contributed by atoms with E-state index in [-0.39, 0.29) is 11.4 Å². The molecule has 1 heterocycles. The van der Waals surface area contributed by atoms with Gasteiger partial charge in [-0.1, -0.05) is 17.7 Å². The first kappa shape index (κ1) is 18.4. The first-order chi connectivity index (χ1) is 11.2. The van der Waals surface area contributed by atoms with E-state index in [1.165, 1.54) is 19.1 Å². The van der Waals surface area contributed by atoms with Crippen molar-refractivity contribution in [3.63, 3.8) is 0 Å². The number of hydrogen-bond acceptors (Lipinski definition) is 5. The molecule has 1 aliphatic rings. The van der Waals surface area contributed by atoms with Gasteiger partial charge >= 0.3 is 5.97 Å². The van der Waals surface area contributed by atoms with E-state index < -0.39 is 34.0 Å². The zero-order chi connectivity index (χ0) is 17.9. The van der Waals surface area contributed by atoms with Crippen LogP contribution in [0.5, 0.6) is 0 Å². The van der Waals surface area contributed by atoms with E-state index in [2.05, 4.69) is 0 Å². The number of esters is 1. The number of carbonyl (C=O) groups excluding carboxylic acids is 2. The predicted molar refractivity (Wildman–Crippen MR) is 87.5 cm³/mol. The normalized spacial score (nSPS) is 20.3. The van der Waals surface area contributed by atoms with Gasteiger partial charge in [0, 0.05) is 6.54 Å². The Labute approximate surface area is 141 Å². The average molecular weight is 354 g/mol. The van der Waals surface area contributed by atoms with E-state index in [4.69, 9.17) is 10.5 Å². The van der Waals surface area contributed by atoms with Gasteiger partial charge in [0.1, 0.15) is 6.04 Å². The Balaban J connectivity index is 2.26. The maximum atomic E-state index is 12.9. The standard InChI is InChI=1S/C16H22N2O5S/c1-11-6-8-13(9-7-11)24(21,22)18-10-4-3-5-14(18)16(20)23-12(2)15(17)19/h6-9,12,14H,3-5,10H2,1-2H3,(H2,17,19)/t12-,14+/m0/s1. The van der Waals surface area contributed by atoms with Crippen molar-refractivity contribution in [2.24, 2.45) is 5.73 Å². The van der Waals surface area contributed by atoms with Crippen molar-refractivity contribution in [2.45, 2.75) is 50.2 Å². The molecule has 24 heavy (non-hydrogen) atoms. The number of ether oxygens (including phenoxy) is 1. The van der Waals surface area contributed by atoms with Gasteiger partial charge in [-0.05, 0) is 45.2 Å². The largest absolute Gasteiger partial charge is 0.451 e. The number of rotatable bonds is 5. The number of carbonyl (C=O) groups is 2. The summed E-state index contributed by atoms with van der Waals surface area (Å²) in [4.78, 5) is 23.5. The van der Waals surface area contributed by atoms with E-state index in [9.17, 15) is 18.0 Å². The fourth-order valence-corrected chi connectivity index (χ4v) is 4.23. The molecule has 1 amide bonds. The van der Waals surface area contributed by atoms with Gasteiger partial charge in [0.2, 0.25) is 10.0 Å². The average Bonchev–Trinajstić information content (AvgIpc) is 2.55. The van der Waals surface area contributed by atoms with E-state index in [1.54, 1.807) is 12.1 Å². The van der Waals surface area contributed by atoms with Gasteiger partial charge in [0.25, 0.3) is 5.91 Å². The summed E-state index contributed by atoms with van der Waals surface area (Å²) in [6.07, 6.45) is 0.642. The Morgan fingerprint density at radius 3 is 2.46 bits per heavy atom. The molecule has 1 aromatic rings. The number of primary amides is 1. The quantitative estimate of drug-likeness (QED) is 0.793. The molecule has 0 saturated carbocycles. The molecule has 1 saturated heterocycles. The van der Waals surface area contributed by atoms with Crippen LogP contribution >= 0.6 is 0 Å². The maximum Gasteiger partial charge on any atom is 0.325 e. The number of nitrogens with zero attached hydrogens (tertiary/aromatic N) is 1. The van der Waals surface area contributed by atoms with E-state index in [0.717, 1.165) is 9.87 Å². The van der Waals surface area contributed by atoms with E-state index >= 15 is 0 Å². The molecule has 2 N–H and O–H groups in total. The Morgan fingerprint density at radius 1 is 1.25 bits per heavy atom. The van der Waals surface area contributed by atoms with Crippen LogP contribution in [0.4, 0.5) is 0 Å². The Bertz CT molecular complexity index is 714. The van der Waals surface area contributed by atoms with Crippen molar-refractivity contribution in [1.82, 2.24) is 4.31 Å². The van der Waals surface area contributed by atoms with Gasteiger partial charge in [-0.15, -0.1) is 0 Å². The van der Waals surface area contributed by atoms with Gasteiger partial charge in [-0.2, -0.15) is 4.31 Å². The Morgan fingerprint density at radius 2 is 1.88 bits per heavy atom. The van der Waals surface area contributed by atoms with Gasteiger partial charge < -0.3 is 10.5 Å². The number of amides is 1. The molecule has 0 unspecified atom stereocenters. The van der Waals surface area contributed by atoms with Crippen molar-refractivity contribution in [1.29, 1.82) is 0 Å². The number of nitrogens with two attached hydrogens (primary N) is 1. The van der Waals surface area contributed by atoms with Gasteiger partial charge in [0.05, 0.1) is 4.90 Å². The molecule has 132 valence electrons. The van der Waals surface area contributed by atoms with Crippen molar-refractivity contribution >= 4 is 21.9 Å². The third kappa shape index (κ3) is 3.93. The lowest BCUT2D eigenvalue weighted by atomic mass is 10.1. The van der Waals surface area contributed by atoms with Crippen LogP contribution in [0.25, 0.3) is 0 Å². The van der Waals surface area contributed by atoms with Crippen LogP contribution in [0.2, 0.25) is 0 Å². The molecule has 2 rings (SSSR count). The second kappa shape index (κ2) is 7.31. The topological polar surface area (TPSA) is 107 Å². The molecule has 2 atom stereocenters. The smallest absolute Gasteiger partial charge is 0.325 e. The number of piperidine rings is 1. The lowest BCUT2D eigenvalue weighted by Gasteiger charge is -2.33.